The zero-order valence-electron chi connectivity index (χ0n) is 42.6. The van der Waals surface area contributed by atoms with Crippen LogP contribution in [0.1, 0.15) is 71.8 Å². The predicted octanol–water partition coefficient (Wildman–Crippen LogP) is -8.32. The molecule has 1 aromatic rings. The highest BCUT2D eigenvalue weighted by molar-refractivity contribution is 6.07. The number of rotatable bonds is 22. The molecule has 74 heavy (non-hydrogen) atoms. The molecule has 1 saturated heterocycles. The Hall–Kier alpha value is -6.24. The number of hydrogen-bond donors (Lipinski definition) is 17. The largest absolute Gasteiger partial charge is 0.391 e. The molecule has 1 heterocycles. The highest BCUT2D eigenvalue weighted by Crippen LogP contribution is 2.16. The normalized spacial score (nSPS) is 24.1. The molecule has 0 saturated carbocycles. The Kier molecular flexibility index (Phi) is 27.8. The Morgan fingerprint density at radius 2 is 1.05 bits per heavy atom. The predicted molar refractivity (Wildman–Crippen MR) is 269 cm³/mol. The van der Waals surface area contributed by atoms with Gasteiger partial charge in [-0.15, -0.1) is 0 Å². The molecule has 0 aromatic heterocycles. The molecule has 2 rings (SSSR count). The van der Waals surface area contributed by atoms with Gasteiger partial charge in [0.15, 0.2) is 0 Å². The van der Waals surface area contributed by atoms with Crippen molar-refractivity contribution in [2.24, 2.45) is 46.1 Å². The van der Waals surface area contributed by atoms with Crippen molar-refractivity contribution in [1.82, 2.24) is 47.4 Å². The molecule has 1 aliphatic rings. The van der Waals surface area contributed by atoms with Crippen LogP contribution in [0.3, 0.4) is 0 Å². The van der Waals surface area contributed by atoms with Crippen molar-refractivity contribution in [3.8, 4) is 0 Å². The second-order valence-electron chi connectivity index (χ2n) is 18.4. The molecule has 1 fully saturated rings. The third kappa shape index (κ3) is 19.6. The van der Waals surface area contributed by atoms with Crippen LogP contribution in [0.4, 0.5) is 0 Å². The third-order valence-electron chi connectivity index (χ3n) is 11.8. The molecule has 1 aromatic carbocycles. The summed E-state index contributed by atoms with van der Waals surface area (Å²) in [6, 6.07) is -7.91. The zero-order chi connectivity index (χ0) is 55.8. The van der Waals surface area contributed by atoms with Gasteiger partial charge >= 0.3 is 0 Å². The average Bonchev–Trinajstić information content (AvgIpc) is 3.34. The minimum Gasteiger partial charge on any atom is -0.391 e. The van der Waals surface area contributed by atoms with E-state index in [1.807, 2.05) is 0 Å². The second kappa shape index (κ2) is 32.2. The van der Waals surface area contributed by atoms with E-state index in [0.29, 0.717) is 10.5 Å². The van der Waals surface area contributed by atoms with Crippen molar-refractivity contribution < 1.29 is 58.2 Å². The van der Waals surface area contributed by atoms with Crippen molar-refractivity contribution in [2.75, 3.05) is 39.3 Å². The van der Waals surface area contributed by atoms with Crippen LogP contribution in [0.2, 0.25) is 0 Å². The summed E-state index contributed by atoms with van der Waals surface area (Å²) in [5.41, 5.74) is 41.3. The molecule has 24 N–H and O–H groups in total. The molecule has 0 aliphatic carbocycles. The van der Waals surface area contributed by atoms with Gasteiger partial charge in [0.05, 0.1) is 18.2 Å². The van der Waals surface area contributed by atoms with Crippen LogP contribution >= 0.6 is 0 Å². The average molecular weight is 1050 g/mol. The topological polar surface area (TPSA) is 493 Å². The van der Waals surface area contributed by atoms with E-state index >= 15 is 9.59 Å². The van der Waals surface area contributed by atoms with Gasteiger partial charge in [0.25, 0.3) is 11.8 Å². The summed E-state index contributed by atoms with van der Waals surface area (Å²) >= 11 is 0. The first-order valence-corrected chi connectivity index (χ1v) is 24.7. The third-order valence-corrected chi connectivity index (χ3v) is 11.8. The Balaban J connectivity index is 3.00. The van der Waals surface area contributed by atoms with Gasteiger partial charge < -0.3 is 92.9 Å². The lowest BCUT2D eigenvalue weighted by molar-refractivity contribution is -0.158. The van der Waals surface area contributed by atoms with Gasteiger partial charge in [-0.25, -0.2) is 0 Å². The van der Waals surface area contributed by atoms with Crippen molar-refractivity contribution in [1.29, 1.82) is 0 Å². The van der Waals surface area contributed by atoms with Gasteiger partial charge in [-0.1, -0.05) is 44.2 Å². The molecular formula is C46H80N16O12. The van der Waals surface area contributed by atoms with Gasteiger partial charge in [0, 0.05) is 13.0 Å². The number of nitrogens with one attached hydrogen (secondary N) is 8. The van der Waals surface area contributed by atoms with Crippen molar-refractivity contribution in [3.63, 3.8) is 0 Å². The lowest BCUT2D eigenvalue weighted by Crippen LogP contribution is -2.66. The maximum absolute atomic E-state index is 15.1. The number of imide groups is 1. The number of carbonyl (C=O) groups excluding carboxylic acids is 10. The molecular weight excluding hydrogens is 969 g/mol. The number of benzene rings is 1. The number of nitrogens with two attached hydrogens (primary N) is 7. The van der Waals surface area contributed by atoms with E-state index in [2.05, 4.69) is 42.5 Å². The smallest absolute Gasteiger partial charge is 0.255 e. The van der Waals surface area contributed by atoms with Gasteiger partial charge in [0.2, 0.25) is 47.3 Å². The number of aliphatic hydroxyl groups excluding tert-OH is 2. The monoisotopic (exact) mass is 1050 g/mol. The van der Waals surface area contributed by atoms with Crippen molar-refractivity contribution >= 4 is 59.1 Å². The number of nitrogens with zero attached hydrogens (tertiary/aromatic N) is 1. The molecule has 416 valence electrons. The first-order valence-electron chi connectivity index (χ1n) is 24.7. The Morgan fingerprint density at radius 1 is 0.595 bits per heavy atom. The zero-order valence-corrected chi connectivity index (χ0v) is 42.6. The second-order valence-corrected chi connectivity index (χ2v) is 18.4. The molecule has 28 heteroatoms. The number of carbonyl (C=O) groups is 10. The van der Waals surface area contributed by atoms with Crippen LogP contribution in [0.15, 0.2) is 30.3 Å². The summed E-state index contributed by atoms with van der Waals surface area (Å²) in [6.07, 6.45) is -5.37. The number of hydrogen-bond acceptors (Lipinski definition) is 19. The highest BCUT2D eigenvalue weighted by Gasteiger charge is 2.45. The Morgan fingerprint density at radius 3 is 1.51 bits per heavy atom. The van der Waals surface area contributed by atoms with E-state index in [0.717, 1.165) is 13.8 Å². The van der Waals surface area contributed by atoms with Crippen LogP contribution in [0, 0.1) is 5.92 Å². The first kappa shape index (κ1) is 63.9. The lowest BCUT2D eigenvalue weighted by atomic mass is 10.00. The quantitative estimate of drug-likeness (QED) is 0.0513. The van der Waals surface area contributed by atoms with E-state index in [1.54, 1.807) is 44.2 Å². The summed E-state index contributed by atoms with van der Waals surface area (Å²) in [5, 5.41) is 41.6. The number of aliphatic hydroxyl groups is 2. The van der Waals surface area contributed by atoms with E-state index < -0.39 is 151 Å². The maximum atomic E-state index is 15.1. The minimum absolute atomic E-state index is 0.0497. The molecule has 0 unspecified atom stereocenters. The summed E-state index contributed by atoms with van der Waals surface area (Å²) in [5.74, 6) is -11.1. The summed E-state index contributed by atoms with van der Waals surface area (Å²) < 4.78 is 0. The first-order chi connectivity index (χ1) is 35.0. The van der Waals surface area contributed by atoms with Crippen molar-refractivity contribution in [3.05, 3.63) is 35.9 Å². The Bertz CT molecular complexity index is 2050. The van der Waals surface area contributed by atoms with E-state index in [1.165, 1.54) is 0 Å². The summed E-state index contributed by atoms with van der Waals surface area (Å²) in [4.78, 5) is 143. The van der Waals surface area contributed by atoms with Crippen LogP contribution in [-0.4, -0.2) is 186 Å². The maximum Gasteiger partial charge on any atom is 0.255 e. The molecule has 0 spiro atoms. The molecule has 0 radical (unpaired) electrons. The van der Waals surface area contributed by atoms with Gasteiger partial charge in [-0.3, -0.25) is 52.8 Å². The molecule has 0 bridgehead atoms. The van der Waals surface area contributed by atoms with E-state index in [-0.39, 0.29) is 70.7 Å². The van der Waals surface area contributed by atoms with Crippen LogP contribution in [0.25, 0.3) is 0 Å². The summed E-state index contributed by atoms with van der Waals surface area (Å²) in [7, 11) is 0. The SMILES string of the molecule is CC(C)C[C@@H]1NC(=O)[C@@H](Cc2ccccc2)NC(=O)[C@H](CCN)NC(=O)[C@H](CCN)N(C(=O)[C@H](CCN)NC(=O)[C@@H](NC(=O)[C@@H](N)CN)[C@@H](C)O)C(=O)[C@H]([C@@H](C)O)NC(=O)[C@H](CCN)NC(=O)[C@H](CCN)NC1=O. The van der Waals surface area contributed by atoms with Crippen LogP contribution in [-0.2, 0) is 54.4 Å². The summed E-state index contributed by atoms with van der Waals surface area (Å²) in [6.45, 7) is 3.99. The fourth-order valence-electron chi connectivity index (χ4n) is 7.80. The van der Waals surface area contributed by atoms with Gasteiger partial charge in [-0.2, -0.15) is 0 Å². The highest BCUT2D eigenvalue weighted by atomic mass is 16.3. The van der Waals surface area contributed by atoms with Crippen molar-refractivity contribution in [2.45, 2.75) is 145 Å². The van der Waals surface area contributed by atoms with Gasteiger partial charge in [-0.05, 0) is 96.6 Å². The molecule has 1 aliphatic heterocycles. The lowest BCUT2D eigenvalue weighted by Gasteiger charge is -2.36. The van der Waals surface area contributed by atoms with Crippen LogP contribution in [0.5, 0.6) is 0 Å². The fraction of sp³-hybridized carbons (Fsp3) is 0.652. The number of amides is 10. The van der Waals surface area contributed by atoms with Gasteiger partial charge in [0.1, 0.15) is 54.4 Å². The molecule has 12 atom stereocenters. The Labute approximate surface area is 430 Å². The molecule has 28 nitrogen and oxygen atoms in total. The molecule has 10 amide bonds. The standard InChI is InChI=1S/C46H80N16O12/c1-23(2)20-32-41(69)55-28(10-15-47)38(66)54-30(12-17-49)40(68)61-36(25(4)64)46(74)62(45(73)31(13-18-50)57-44(72)35(24(3)63)60-37(65)27(53)22-52)34(14-19-51)43(71)56-29(11-16-48)39(67)59-33(42(70)58-32)21-26-8-6-5-7-9-26/h5-9,23-25,27-36,63-64H,10-22,47-53H2,1-4H3,(H,54,66)(H,55,69)(H,56,71)(H,57,72)(H,58,70)(H,59,67)(H,60,65)(H,61,68)/t24-,25-,27+,28+,29+,30+,31+,32+,33-,34+,35+,36+/m1/s1. The van der Waals surface area contributed by atoms with E-state index in [9.17, 15) is 48.6 Å². The van der Waals surface area contributed by atoms with Crippen LogP contribution < -0.4 is 82.7 Å². The fourth-order valence-corrected chi connectivity index (χ4v) is 7.80. The minimum atomic E-state index is -2.13. The van der Waals surface area contributed by atoms with E-state index in [4.69, 9.17) is 40.1 Å².